The summed E-state index contributed by atoms with van der Waals surface area (Å²) in [5.74, 6) is -0.994. The van der Waals surface area contributed by atoms with Crippen molar-refractivity contribution in [2.24, 2.45) is 7.05 Å². The standard InChI is InChI=1S/C12H17N3O3/c1-14(7-3-4-12(17)18)11(16)6-5-10-8-13-15(2)9-10/h5-6,8-9H,3-4,7H2,1-2H3,(H,17,18)/b6-5+. The second kappa shape index (κ2) is 6.58. The monoisotopic (exact) mass is 251 g/mol. The van der Waals surface area contributed by atoms with Crippen LogP contribution in [0.4, 0.5) is 0 Å². The van der Waals surface area contributed by atoms with E-state index in [1.807, 2.05) is 0 Å². The van der Waals surface area contributed by atoms with Gasteiger partial charge in [0.25, 0.3) is 0 Å². The molecule has 0 spiro atoms. The Kier molecular flexibility index (Phi) is 5.10. The number of carboxylic acids is 1. The first-order chi connectivity index (χ1) is 8.49. The Bertz CT molecular complexity index is 451. The van der Waals surface area contributed by atoms with Crippen LogP contribution in [-0.4, -0.2) is 45.3 Å². The van der Waals surface area contributed by atoms with E-state index < -0.39 is 5.97 Å². The van der Waals surface area contributed by atoms with Crippen LogP contribution in [0.5, 0.6) is 0 Å². The predicted molar refractivity (Wildman–Crippen MR) is 66.7 cm³/mol. The maximum absolute atomic E-state index is 11.7. The summed E-state index contributed by atoms with van der Waals surface area (Å²) in [4.78, 5) is 23.5. The zero-order chi connectivity index (χ0) is 13.5. The van der Waals surface area contributed by atoms with Gasteiger partial charge < -0.3 is 10.0 Å². The van der Waals surface area contributed by atoms with Gasteiger partial charge in [-0.2, -0.15) is 5.10 Å². The number of hydrogen-bond donors (Lipinski definition) is 1. The Morgan fingerprint density at radius 2 is 2.28 bits per heavy atom. The summed E-state index contributed by atoms with van der Waals surface area (Å²) in [6, 6.07) is 0. The zero-order valence-corrected chi connectivity index (χ0v) is 10.5. The Labute approximate surface area is 106 Å². The molecular weight excluding hydrogens is 234 g/mol. The van der Waals surface area contributed by atoms with Crippen LogP contribution in [0.3, 0.4) is 0 Å². The number of rotatable bonds is 6. The van der Waals surface area contributed by atoms with Crippen molar-refractivity contribution in [1.29, 1.82) is 0 Å². The van der Waals surface area contributed by atoms with Crippen molar-refractivity contribution in [1.82, 2.24) is 14.7 Å². The van der Waals surface area contributed by atoms with E-state index in [9.17, 15) is 9.59 Å². The maximum atomic E-state index is 11.7. The van der Waals surface area contributed by atoms with E-state index >= 15 is 0 Å². The van der Waals surface area contributed by atoms with Crippen molar-refractivity contribution in [3.63, 3.8) is 0 Å². The van der Waals surface area contributed by atoms with E-state index in [1.165, 1.54) is 11.0 Å². The lowest BCUT2D eigenvalue weighted by Crippen LogP contribution is -2.26. The van der Waals surface area contributed by atoms with Crippen LogP contribution in [0.25, 0.3) is 6.08 Å². The molecule has 6 heteroatoms. The molecule has 0 bridgehead atoms. The number of likely N-dealkylation sites (N-methyl/N-ethyl adjacent to an activating group) is 1. The average Bonchev–Trinajstić information content (AvgIpc) is 2.71. The minimum atomic E-state index is -0.846. The third-order valence-electron chi connectivity index (χ3n) is 2.40. The van der Waals surface area contributed by atoms with E-state index in [0.717, 1.165) is 5.56 Å². The van der Waals surface area contributed by atoms with Crippen molar-refractivity contribution in [2.75, 3.05) is 13.6 Å². The molecule has 0 radical (unpaired) electrons. The van der Waals surface area contributed by atoms with E-state index in [-0.39, 0.29) is 12.3 Å². The number of carbonyl (C=O) groups excluding carboxylic acids is 1. The first kappa shape index (κ1) is 14.0. The topological polar surface area (TPSA) is 75.4 Å². The number of amides is 1. The lowest BCUT2D eigenvalue weighted by Gasteiger charge is -2.13. The molecule has 1 aromatic rings. The maximum Gasteiger partial charge on any atom is 0.303 e. The third-order valence-corrected chi connectivity index (χ3v) is 2.40. The second-order valence-corrected chi connectivity index (χ2v) is 4.04. The van der Waals surface area contributed by atoms with Crippen LogP contribution in [-0.2, 0) is 16.6 Å². The highest BCUT2D eigenvalue weighted by atomic mass is 16.4. The Morgan fingerprint density at radius 3 is 2.83 bits per heavy atom. The lowest BCUT2D eigenvalue weighted by molar-refractivity contribution is -0.137. The Morgan fingerprint density at radius 1 is 1.56 bits per heavy atom. The van der Waals surface area contributed by atoms with Gasteiger partial charge in [0, 0.05) is 44.9 Å². The first-order valence-corrected chi connectivity index (χ1v) is 5.62. The SMILES string of the molecule is CN(CCCC(=O)O)C(=O)/C=C/c1cnn(C)c1. The summed E-state index contributed by atoms with van der Waals surface area (Å²) in [6.07, 6.45) is 7.13. The summed E-state index contributed by atoms with van der Waals surface area (Å²) in [6.45, 7) is 0.433. The van der Waals surface area contributed by atoms with E-state index in [4.69, 9.17) is 5.11 Å². The van der Waals surface area contributed by atoms with Gasteiger partial charge in [-0.15, -0.1) is 0 Å². The first-order valence-electron chi connectivity index (χ1n) is 5.62. The molecule has 1 amide bonds. The molecule has 18 heavy (non-hydrogen) atoms. The fourth-order valence-electron chi connectivity index (χ4n) is 1.40. The quantitative estimate of drug-likeness (QED) is 0.757. The fourth-order valence-corrected chi connectivity index (χ4v) is 1.40. The number of carbonyl (C=O) groups is 2. The molecule has 98 valence electrons. The summed E-state index contributed by atoms with van der Waals surface area (Å²) in [5.41, 5.74) is 0.852. The highest BCUT2D eigenvalue weighted by molar-refractivity contribution is 5.91. The van der Waals surface area contributed by atoms with Crippen molar-refractivity contribution in [3.05, 3.63) is 24.0 Å². The summed E-state index contributed by atoms with van der Waals surface area (Å²) >= 11 is 0. The van der Waals surface area contributed by atoms with Gasteiger partial charge in [0.15, 0.2) is 0 Å². The third kappa shape index (κ3) is 4.82. The molecule has 0 aliphatic carbocycles. The number of nitrogens with zero attached hydrogens (tertiary/aromatic N) is 3. The molecule has 0 aliphatic rings. The summed E-state index contributed by atoms with van der Waals surface area (Å²) < 4.78 is 1.65. The second-order valence-electron chi connectivity index (χ2n) is 4.04. The molecule has 1 heterocycles. The lowest BCUT2D eigenvalue weighted by atomic mass is 10.3. The van der Waals surface area contributed by atoms with Crippen LogP contribution >= 0.6 is 0 Å². The number of aryl methyl sites for hydroxylation is 1. The van der Waals surface area contributed by atoms with E-state index in [1.54, 1.807) is 37.2 Å². The highest BCUT2D eigenvalue weighted by Gasteiger charge is 2.05. The average molecular weight is 251 g/mol. The molecule has 0 saturated carbocycles. The van der Waals surface area contributed by atoms with Gasteiger partial charge in [0.2, 0.25) is 5.91 Å². The Hall–Kier alpha value is -2.11. The number of aliphatic carboxylic acids is 1. The number of aromatic nitrogens is 2. The molecule has 1 aromatic heterocycles. The Balaban J connectivity index is 2.39. The van der Waals surface area contributed by atoms with Gasteiger partial charge in [-0.25, -0.2) is 0 Å². The molecule has 0 saturated heterocycles. The molecule has 0 fully saturated rings. The predicted octanol–water partition coefficient (Wildman–Crippen LogP) is 0.756. The van der Waals surface area contributed by atoms with Gasteiger partial charge in [-0.3, -0.25) is 14.3 Å². The van der Waals surface area contributed by atoms with Crippen molar-refractivity contribution < 1.29 is 14.7 Å². The largest absolute Gasteiger partial charge is 0.481 e. The van der Waals surface area contributed by atoms with E-state index in [0.29, 0.717) is 13.0 Å². The molecule has 6 nitrogen and oxygen atoms in total. The minimum absolute atomic E-state index is 0.0734. The molecule has 0 aromatic carbocycles. The number of hydrogen-bond acceptors (Lipinski definition) is 3. The normalized spacial score (nSPS) is 10.8. The van der Waals surface area contributed by atoms with Gasteiger partial charge in [-0.1, -0.05) is 0 Å². The van der Waals surface area contributed by atoms with Crippen molar-refractivity contribution >= 4 is 18.0 Å². The van der Waals surface area contributed by atoms with Gasteiger partial charge >= 0.3 is 5.97 Å². The zero-order valence-electron chi connectivity index (χ0n) is 10.5. The fraction of sp³-hybridized carbons (Fsp3) is 0.417. The van der Waals surface area contributed by atoms with Crippen LogP contribution in [0.2, 0.25) is 0 Å². The molecule has 1 N–H and O–H groups in total. The molecule has 1 rings (SSSR count). The highest BCUT2D eigenvalue weighted by Crippen LogP contribution is 2.01. The molecule has 0 unspecified atom stereocenters. The van der Waals surface area contributed by atoms with Gasteiger partial charge in [0.1, 0.15) is 0 Å². The van der Waals surface area contributed by atoms with Crippen LogP contribution < -0.4 is 0 Å². The van der Waals surface area contributed by atoms with Crippen molar-refractivity contribution in [2.45, 2.75) is 12.8 Å². The summed E-state index contributed by atoms with van der Waals surface area (Å²) in [5, 5.41) is 12.5. The van der Waals surface area contributed by atoms with Gasteiger partial charge in [0.05, 0.1) is 6.20 Å². The van der Waals surface area contributed by atoms with Crippen LogP contribution in [0.15, 0.2) is 18.5 Å². The molecule has 0 aliphatic heterocycles. The minimum Gasteiger partial charge on any atom is -0.481 e. The number of carboxylic acid groups (broad SMARTS) is 1. The van der Waals surface area contributed by atoms with Crippen LogP contribution in [0, 0.1) is 0 Å². The smallest absolute Gasteiger partial charge is 0.303 e. The van der Waals surface area contributed by atoms with Gasteiger partial charge in [-0.05, 0) is 12.5 Å². The van der Waals surface area contributed by atoms with E-state index in [2.05, 4.69) is 5.10 Å². The molecule has 0 atom stereocenters. The summed E-state index contributed by atoms with van der Waals surface area (Å²) in [7, 11) is 3.45. The molecular formula is C12H17N3O3. The van der Waals surface area contributed by atoms with Crippen molar-refractivity contribution in [3.8, 4) is 0 Å². The van der Waals surface area contributed by atoms with Crippen LogP contribution in [0.1, 0.15) is 18.4 Å².